The van der Waals surface area contributed by atoms with Gasteiger partial charge in [0.15, 0.2) is 0 Å². The van der Waals surface area contributed by atoms with Crippen LogP contribution in [0.2, 0.25) is 0 Å². The Morgan fingerprint density at radius 1 is 1.38 bits per heavy atom. The third-order valence-corrected chi connectivity index (χ3v) is 4.83. The SMILES string of the molecule is Cc1cnn([C@H]2[C@H](O)C[C@@H]2NC2CC(C)(C)OC2(C)C)c1. The fraction of sp³-hybridized carbons (Fsp3) is 0.812. The fourth-order valence-corrected chi connectivity index (χ4v) is 3.82. The minimum absolute atomic E-state index is 0.0261. The van der Waals surface area contributed by atoms with E-state index in [9.17, 15) is 5.11 Å². The van der Waals surface area contributed by atoms with E-state index in [1.165, 1.54) is 0 Å². The molecule has 21 heavy (non-hydrogen) atoms. The minimum Gasteiger partial charge on any atom is -0.391 e. The summed E-state index contributed by atoms with van der Waals surface area (Å²) < 4.78 is 8.04. The molecule has 2 fully saturated rings. The van der Waals surface area contributed by atoms with Crippen LogP contribution in [0.3, 0.4) is 0 Å². The van der Waals surface area contributed by atoms with Crippen LogP contribution in [-0.4, -0.2) is 44.3 Å². The van der Waals surface area contributed by atoms with Gasteiger partial charge in [-0.3, -0.25) is 4.68 Å². The number of hydrogen-bond donors (Lipinski definition) is 2. The molecule has 1 saturated heterocycles. The van der Waals surface area contributed by atoms with E-state index in [-0.39, 0.29) is 29.4 Å². The topological polar surface area (TPSA) is 59.3 Å². The molecule has 1 unspecified atom stereocenters. The van der Waals surface area contributed by atoms with Crippen molar-refractivity contribution in [3.05, 3.63) is 18.0 Å². The van der Waals surface area contributed by atoms with Crippen molar-refractivity contribution in [2.45, 2.75) is 82.9 Å². The van der Waals surface area contributed by atoms with E-state index in [4.69, 9.17) is 4.74 Å². The predicted molar refractivity (Wildman–Crippen MR) is 81.2 cm³/mol. The van der Waals surface area contributed by atoms with Gasteiger partial charge >= 0.3 is 0 Å². The Kier molecular flexibility index (Phi) is 3.43. The smallest absolute Gasteiger partial charge is 0.0932 e. The highest BCUT2D eigenvalue weighted by Gasteiger charge is 2.50. The molecule has 2 aliphatic rings. The van der Waals surface area contributed by atoms with Gasteiger partial charge in [-0.05, 0) is 53.0 Å². The van der Waals surface area contributed by atoms with E-state index in [0.29, 0.717) is 6.04 Å². The van der Waals surface area contributed by atoms with Crippen LogP contribution in [-0.2, 0) is 4.74 Å². The lowest BCUT2D eigenvalue weighted by Gasteiger charge is -2.44. The van der Waals surface area contributed by atoms with Crippen molar-refractivity contribution in [1.82, 2.24) is 15.1 Å². The van der Waals surface area contributed by atoms with Crippen molar-refractivity contribution < 1.29 is 9.84 Å². The third kappa shape index (κ3) is 2.74. The standard InChI is InChI=1S/C16H27N3O2/c1-10-8-17-19(9-10)14-11(6-12(14)20)18-13-7-15(2,3)21-16(13,4)5/h8-9,11-14,18,20H,6-7H2,1-5H3/t11-,12+,13?,14+/m0/s1. The van der Waals surface area contributed by atoms with Crippen LogP contribution >= 0.6 is 0 Å². The van der Waals surface area contributed by atoms with Crippen LogP contribution in [0.15, 0.2) is 12.4 Å². The average molecular weight is 293 g/mol. The monoisotopic (exact) mass is 293 g/mol. The van der Waals surface area contributed by atoms with Gasteiger partial charge < -0.3 is 15.2 Å². The largest absolute Gasteiger partial charge is 0.391 e. The Balaban J connectivity index is 1.71. The molecule has 1 saturated carbocycles. The Labute approximate surface area is 126 Å². The Hall–Kier alpha value is -0.910. The number of rotatable bonds is 3. The van der Waals surface area contributed by atoms with Gasteiger partial charge in [-0.25, -0.2) is 0 Å². The molecule has 5 nitrogen and oxygen atoms in total. The second-order valence-corrected chi connectivity index (χ2v) is 7.79. The summed E-state index contributed by atoms with van der Waals surface area (Å²) in [5.41, 5.74) is 0.842. The first-order valence-corrected chi connectivity index (χ1v) is 7.83. The summed E-state index contributed by atoms with van der Waals surface area (Å²) in [5, 5.41) is 18.2. The maximum absolute atomic E-state index is 10.1. The molecular formula is C16H27N3O2. The van der Waals surface area contributed by atoms with Crippen LogP contribution in [0.5, 0.6) is 0 Å². The van der Waals surface area contributed by atoms with Gasteiger partial charge in [0.05, 0.1) is 29.5 Å². The molecule has 1 aliphatic heterocycles. The molecule has 1 aliphatic carbocycles. The van der Waals surface area contributed by atoms with Gasteiger partial charge in [0.1, 0.15) is 0 Å². The molecule has 0 aromatic carbocycles. The molecule has 2 heterocycles. The zero-order chi connectivity index (χ0) is 15.4. The summed E-state index contributed by atoms with van der Waals surface area (Å²) in [6, 6.07) is 0.573. The Bertz CT molecular complexity index is 523. The number of nitrogens with zero attached hydrogens (tertiary/aromatic N) is 2. The molecule has 1 aromatic rings. The van der Waals surface area contributed by atoms with Crippen LogP contribution < -0.4 is 5.32 Å². The van der Waals surface area contributed by atoms with Crippen molar-refractivity contribution in [2.75, 3.05) is 0 Å². The molecule has 2 N–H and O–H groups in total. The van der Waals surface area contributed by atoms with Gasteiger partial charge in [-0.1, -0.05) is 0 Å². The fourth-order valence-electron chi connectivity index (χ4n) is 3.82. The van der Waals surface area contributed by atoms with Crippen molar-refractivity contribution in [3.8, 4) is 0 Å². The van der Waals surface area contributed by atoms with Gasteiger partial charge in [0, 0.05) is 18.3 Å². The Morgan fingerprint density at radius 2 is 2.10 bits per heavy atom. The van der Waals surface area contributed by atoms with E-state index in [1.807, 2.05) is 24.0 Å². The number of hydrogen-bond acceptors (Lipinski definition) is 4. The van der Waals surface area contributed by atoms with E-state index in [1.54, 1.807) is 0 Å². The van der Waals surface area contributed by atoms with Crippen molar-refractivity contribution in [2.24, 2.45) is 0 Å². The van der Waals surface area contributed by atoms with Crippen molar-refractivity contribution in [1.29, 1.82) is 0 Å². The second-order valence-electron chi connectivity index (χ2n) is 7.79. The predicted octanol–water partition coefficient (Wildman–Crippen LogP) is 1.80. The lowest BCUT2D eigenvalue weighted by Crippen LogP contribution is -2.59. The molecule has 5 heteroatoms. The van der Waals surface area contributed by atoms with Gasteiger partial charge in [0.2, 0.25) is 0 Å². The third-order valence-electron chi connectivity index (χ3n) is 4.83. The summed E-state index contributed by atoms with van der Waals surface area (Å²) in [6.07, 6.45) is 5.28. The average Bonchev–Trinajstić information content (AvgIpc) is 2.79. The van der Waals surface area contributed by atoms with Crippen LogP contribution in [0.25, 0.3) is 0 Å². The Morgan fingerprint density at radius 3 is 2.57 bits per heavy atom. The normalized spacial score (nSPS) is 37.4. The highest BCUT2D eigenvalue weighted by molar-refractivity contribution is 5.08. The molecule has 118 valence electrons. The van der Waals surface area contributed by atoms with Crippen LogP contribution in [0.1, 0.15) is 52.1 Å². The maximum Gasteiger partial charge on any atom is 0.0932 e. The zero-order valence-corrected chi connectivity index (χ0v) is 13.6. The molecule has 4 atom stereocenters. The number of aliphatic hydroxyl groups is 1. The van der Waals surface area contributed by atoms with Gasteiger partial charge in [-0.15, -0.1) is 0 Å². The first kappa shape index (κ1) is 15.0. The number of aromatic nitrogens is 2. The highest BCUT2D eigenvalue weighted by Crippen LogP contribution is 2.40. The van der Waals surface area contributed by atoms with E-state index in [0.717, 1.165) is 18.4 Å². The summed E-state index contributed by atoms with van der Waals surface area (Å²) in [4.78, 5) is 0. The van der Waals surface area contributed by atoms with Crippen LogP contribution in [0.4, 0.5) is 0 Å². The summed E-state index contributed by atoms with van der Waals surface area (Å²) >= 11 is 0. The summed E-state index contributed by atoms with van der Waals surface area (Å²) in [7, 11) is 0. The van der Waals surface area contributed by atoms with E-state index < -0.39 is 0 Å². The minimum atomic E-state index is -0.319. The van der Waals surface area contributed by atoms with Gasteiger partial charge in [0.25, 0.3) is 0 Å². The lowest BCUT2D eigenvalue weighted by molar-refractivity contribution is -0.0756. The number of aliphatic hydroxyl groups excluding tert-OH is 1. The second kappa shape index (κ2) is 4.80. The number of ether oxygens (including phenoxy) is 1. The number of nitrogens with one attached hydrogen (secondary N) is 1. The maximum atomic E-state index is 10.1. The zero-order valence-electron chi connectivity index (χ0n) is 13.6. The molecule has 0 radical (unpaired) electrons. The molecule has 0 bridgehead atoms. The van der Waals surface area contributed by atoms with Gasteiger partial charge in [-0.2, -0.15) is 5.10 Å². The molecular weight excluding hydrogens is 266 g/mol. The molecule has 0 spiro atoms. The highest BCUT2D eigenvalue weighted by atomic mass is 16.5. The molecule has 3 rings (SSSR count). The number of aryl methyl sites for hydroxylation is 1. The summed E-state index contributed by atoms with van der Waals surface area (Å²) in [6.45, 7) is 10.6. The van der Waals surface area contributed by atoms with Crippen LogP contribution in [0, 0.1) is 6.92 Å². The van der Waals surface area contributed by atoms with E-state index in [2.05, 4.69) is 38.1 Å². The van der Waals surface area contributed by atoms with Crippen molar-refractivity contribution in [3.63, 3.8) is 0 Å². The lowest BCUT2D eigenvalue weighted by atomic mass is 9.81. The quantitative estimate of drug-likeness (QED) is 0.892. The molecule has 0 amide bonds. The van der Waals surface area contributed by atoms with E-state index >= 15 is 0 Å². The molecule has 1 aromatic heterocycles. The van der Waals surface area contributed by atoms with Crippen molar-refractivity contribution >= 4 is 0 Å². The first-order chi connectivity index (χ1) is 9.68. The summed E-state index contributed by atoms with van der Waals surface area (Å²) in [5.74, 6) is 0. The first-order valence-electron chi connectivity index (χ1n) is 7.83.